The van der Waals surface area contributed by atoms with Gasteiger partial charge in [0.2, 0.25) is 0 Å². The molecule has 0 radical (unpaired) electrons. The second-order valence-corrected chi connectivity index (χ2v) is 7.98. The minimum absolute atomic E-state index is 0.160. The van der Waals surface area contributed by atoms with E-state index < -0.39 is 0 Å². The first-order valence-corrected chi connectivity index (χ1v) is 11.3. The molecule has 3 heteroatoms. The van der Waals surface area contributed by atoms with Gasteiger partial charge in [-0.15, -0.1) is 0 Å². The number of hydrogen-bond donors (Lipinski definition) is 1. The summed E-state index contributed by atoms with van der Waals surface area (Å²) in [5.74, 6) is 0.847. The zero-order chi connectivity index (χ0) is 21.2. The number of benzene rings is 3. The Morgan fingerprint density at radius 1 is 0.800 bits per heavy atom. The number of ether oxygens (including phenoxy) is 1. The number of rotatable bonds is 11. The molecule has 0 amide bonds. The molecule has 0 saturated carbocycles. The van der Waals surface area contributed by atoms with Crippen molar-refractivity contribution in [2.24, 2.45) is 0 Å². The van der Waals surface area contributed by atoms with E-state index >= 15 is 0 Å². The predicted octanol–water partition coefficient (Wildman–Crippen LogP) is 7.56. The molecular formula is C27H30O2S. The van der Waals surface area contributed by atoms with Crippen molar-refractivity contribution in [1.82, 2.24) is 0 Å². The van der Waals surface area contributed by atoms with Crippen LogP contribution < -0.4 is 4.74 Å². The highest BCUT2D eigenvalue weighted by Crippen LogP contribution is 2.28. The van der Waals surface area contributed by atoms with E-state index in [4.69, 9.17) is 17.0 Å². The van der Waals surface area contributed by atoms with Crippen LogP contribution in [0.4, 0.5) is 0 Å². The average Bonchev–Trinajstić information content (AvgIpc) is 2.79. The van der Waals surface area contributed by atoms with Crippen LogP contribution in [-0.2, 0) is 0 Å². The van der Waals surface area contributed by atoms with Crippen molar-refractivity contribution in [3.05, 3.63) is 83.9 Å². The molecule has 3 aromatic carbocycles. The van der Waals surface area contributed by atoms with Gasteiger partial charge in [-0.3, -0.25) is 0 Å². The molecule has 0 aliphatic rings. The predicted molar refractivity (Wildman–Crippen MR) is 130 cm³/mol. The molecule has 156 valence electrons. The molecule has 0 spiro atoms. The van der Waals surface area contributed by atoms with Crippen molar-refractivity contribution in [2.45, 2.75) is 45.4 Å². The van der Waals surface area contributed by atoms with Gasteiger partial charge in [-0.2, -0.15) is 0 Å². The first-order valence-electron chi connectivity index (χ1n) is 10.8. The fourth-order valence-electron chi connectivity index (χ4n) is 3.47. The molecule has 0 bridgehead atoms. The number of aromatic hydroxyl groups is 1. The molecule has 2 nitrogen and oxygen atoms in total. The van der Waals surface area contributed by atoms with Gasteiger partial charge in [0.15, 0.2) is 0 Å². The highest BCUT2D eigenvalue weighted by Gasteiger charge is 2.11. The van der Waals surface area contributed by atoms with Gasteiger partial charge in [-0.25, -0.2) is 0 Å². The molecular weight excluding hydrogens is 388 g/mol. The molecule has 0 saturated heterocycles. The highest BCUT2D eigenvalue weighted by molar-refractivity contribution is 7.81. The SMILES string of the molecule is CCCCCCCCOc1ccc(C(=S)c2ccc(-c3ccccc3)cc2)c(O)c1. The standard InChI is InChI=1S/C27H30O2S/c1-2-3-4-5-6-10-19-29-24-17-18-25(26(28)20-24)27(30)23-15-13-22(14-16-23)21-11-8-7-9-12-21/h7-9,11-18,20,28H,2-6,10,19H2,1H3. The van der Waals surface area contributed by atoms with Crippen LogP contribution in [0, 0.1) is 0 Å². The van der Waals surface area contributed by atoms with Crippen LogP contribution in [0.1, 0.15) is 56.6 Å². The Morgan fingerprint density at radius 2 is 1.47 bits per heavy atom. The zero-order valence-electron chi connectivity index (χ0n) is 17.6. The van der Waals surface area contributed by atoms with E-state index in [0.717, 1.165) is 17.5 Å². The van der Waals surface area contributed by atoms with Gasteiger partial charge in [-0.05, 0) is 35.2 Å². The summed E-state index contributed by atoms with van der Waals surface area (Å²) in [4.78, 5) is 0.634. The van der Waals surface area contributed by atoms with Crippen molar-refractivity contribution < 1.29 is 9.84 Å². The first-order chi connectivity index (χ1) is 14.7. The molecule has 0 aromatic heterocycles. The summed E-state index contributed by atoms with van der Waals surface area (Å²) in [5, 5.41) is 10.5. The third-order valence-electron chi connectivity index (χ3n) is 5.23. The van der Waals surface area contributed by atoms with Gasteiger partial charge in [0.25, 0.3) is 0 Å². The largest absolute Gasteiger partial charge is 0.507 e. The minimum Gasteiger partial charge on any atom is -0.507 e. The van der Waals surface area contributed by atoms with Crippen LogP contribution in [0.3, 0.4) is 0 Å². The van der Waals surface area contributed by atoms with Gasteiger partial charge < -0.3 is 9.84 Å². The van der Waals surface area contributed by atoms with Crippen molar-refractivity contribution >= 4 is 17.1 Å². The van der Waals surface area contributed by atoms with E-state index in [-0.39, 0.29) is 5.75 Å². The lowest BCUT2D eigenvalue weighted by Crippen LogP contribution is -2.02. The Bertz CT molecular complexity index is 933. The fourth-order valence-corrected chi connectivity index (χ4v) is 3.77. The molecule has 1 N–H and O–H groups in total. The van der Waals surface area contributed by atoms with Gasteiger partial charge in [0, 0.05) is 11.6 Å². The quantitative estimate of drug-likeness (QED) is 0.198. The Labute approximate surface area is 185 Å². The van der Waals surface area contributed by atoms with Crippen molar-refractivity contribution in [1.29, 1.82) is 0 Å². The van der Waals surface area contributed by atoms with Crippen molar-refractivity contribution in [2.75, 3.05) is 6.61 Å². The molecule has 30 heavy (non-hydrogen) atoms. The third-order valence-corrected chi connectivity index (χ3v) is 5.69. The van der Waals surface area contributed by atoms with E-state index in [1.165, 1.54) is 37.7 Å². The van der Waals surface area contributed by atoms with Crippen LogP contribution in [0.5, 0.6) is 11.5 Å². The fraction of sp³-hybridized carbons (Fsp3) is 0.296. The minimum atomic E-state index is 0.160. The summed E-state index contributed by atoms with van der Waals surface area (Å²) in [6.07, 6.45) is 7.37. The monoisotopic (exact) mass is 418 g/mol. The Hall–Kier alpha value is -2.65. The van der Waals surface area contributed by atoms with Crippen molar-refractivity contribution in [3.8, 4) is 22.6 Å². The summed E-state index contributed by atoms with van der Waals surface area (Å²) in [7, 11) is 0. The number of thiocarbonyl (C=S) groups is 1. The lowest BCUT2D eigenvalue weighted by molar-refractivity contribution is 0.302. The molecule has 0 unspecified atom stereocenters. The topological polar surface area (TPSA) is 29.5 Å². The summed E-state index contributed by atoms with van der Waals surface area (Å²) in [5.41, 5.74) is 3.89. The van der Waals surface area contributed by atoms with E-state index in [1.807, 2.05) is 42.5 Å². The number of phenolic OH excluding ortho intramolecular Hbond substituents is 1. The lowest BCUT2D eigenvalue weighted by Gasteiger charge is -2.11. The average molecular weight is 419 g/mol. The van der Waals surface area contributed by atoms with Crippen molar-refractivity contribution in [3.63, 3.8) is 0 Å². The zero-order valence-corrected chi connectivity index (χ0v) is 18.5. The van der Waals surface area contributed by atoms with Crippen LogP contribution in [-0.4, -0.2) is 16.6 Å². The van der Waals surface area contributed by atoms with E-state index in [2.05, 4.69) is 31.2 Å². The molecule has 0 atom stereocenters. The Kier molecular flexibility index (Phi) is 8.46. The number of unbranched alkanes of at least 4 members (excludes halogenated alkanes) is 5. The van der Waals surface area contributed by atoms with E-state index in [1.54, 1.807) is 6.07 Å². The molecule has 0 fully saturated rings. The van der Waals surface area contributed by atoms with Crippen LogP contribution in [0.15, 0.2) is 72.8 Å². The smallest absolute Gasteiger partial charge is 0.127 e. The molecule has 0 aliphatic heterocycles. The maximum absolute atomic E-state index is 10.5. The maximum atomic E-state index is 10.5. The first kappa shape index (κ1) is 22.0. The lowest BCUT2D eigenvalue weighted by atomic mass is 9.99. The van der Waals surface area contributed by atoms with Gasteiger partial charge in [0.1, 0.15) is 11.5 Å². The molecule has 0 aliphatic carbocycles. The van der Waals surface area contributed by atoms with E-state index in [0.29, 0.717) is 22.8 Å². The summed E-state index contributed by atoms with van der Waals surface area (Å²) in [6, 6.07) is 23.8. The second kappa shape index (κ2) is 11.5. The summed E-state index contributed by atoms with van der Waals surface area (Å²) < 4.78 is 5.80. The van der Waals surface area contributed by atoms with Gasteiger partial charge in [0.05, 0.1) is 11.5 Å². The normalized spacial score (nSPS) is 10.7. The van der Waals surface area contributed by atoms with Gasteiger partial charge >= 0.3 is 0 Å². The highest BCUT2D eigenvalue weighted by atomic mass is 32.1. The number of phenols is 1. The maximum Gasteiger partial charge on any atom is 0.127 e. The summed E-state index contributed by atoms with van der Waals surface area (Å²) in [6.45, 7) is 2.90. The second-order valence-electron chi connectivity index (χ2n) is 7.57. The Balaban J connectivity index is 1.57. The van der Waals surface area contributed by atoms with E-state index in [9.17, 15) is 5.11 Å². The molecule has 0 heterocycles. The summed E-state index contributed by atoms with van der Waals surface area (Å²) >= 11 is 5.63. The van der Waals surface area contributed by atoms with Crippen LogP contribution in [0.2, 0.25) is 0 Å². The molecule has 3 aromatic rings. The van der Waals surface area contributed by atoms with Gasteiger partial charge in [-0.1, -0.05) is 106 Å². The van der Waals surface area contributed by atoms with Crippen LogP contribution in [0.25, 0.3) is 11.1 Å². The Morgan fingerprint density at radius 3 is 2.17 bits per heavy atom. The molecule has 3 rings (SSSR count). The van der Waals surface area contributed by atoms with Crippen LogP contribution >= 0.6 is 12.2 Å². The number of hydrogen-bond acceptors (Lipinski definition) is 3. The third kappa shape index (κ3) is 6.17.